The van der Waals surface area contributed by atoms with Crippen molar-refractivity contribution in [2.45, 2.75) is 11.8 Å². The molecule has 1 N–H and O–H groups in total. The summed E-state index contributed by atoms with van der Waals surface area (Å²) in [5, 5.41) is 3.19. The summed E-state index contributed by atoms with van der Waals surface area (Å²) in [7, 11) is 0. The number of hydrogen-bond acceptors (Lipinski definition) is 1. The van der Waals surface area contributed by atoms with Gasteiger partial charge >= 0.3 is 0 Å². The van der Waals surface area contributed by atoms with E-state index in [2.05, 4.69) is 5.32 Å². The van der Waals surface area contributed by atoms with Crippen LogP contribution in [-0.2, 0) is 4.79 Å². The summed E-state index contributed by atoms with van der Waals surface area (Å²) in [5.41, 5.74) is 1.52. The van der Waals surface area contributed by atoms with Crippen molar-refractivity contribution in [1.82, 2.24) is 0 Å². The average molecular weight is 253 g/mol. The number of carbonyl (C=O) groups is 1. The highest BCUT2D eigenvalue weighted by atomic mass is 35.5. The largest absolute Gasteiger partial charge is 0.323 e. The molecule has 0 bridgehead atoms. The van der Waals surface area contributed by atoms with Gasteiger partial charge < -0.3 is 5.32 Å². The Bertz CT molecular complexity index is 352. The van der Waals surface area contributed by atoms with Gasteiger partial charge in [-0.25, -0.2) is 0 Å². The number of halogens is 3. The summed E-state index contributed by atoms with van der Waals surface area (Å²) in [5.74, 6) is -0.446. The van der Waals surface area contributed by atoms with Gasteiger partial charge in [-0.15, -0.1) is 0 Å². The molecule has 0 saturated carbocycles. The molecule has 0 saturated heterocycles. The third-order valence-corrected chi connectivity index (χ3v) is 2.28. The number of carbonyl (C=O) groups excluding carboxylic acids is 1. The fourth-order valence-corrected chi connectivity index (χ4v) is 1.29. The Balaban J connectivity index is 2.82. The number of amides is 1. The zero-order valence-corrected chi connectivity index (χ0v) is 9.62. The van der Waals surface area contributed by atoms with Crippen LogP contribution in [0, 0.1) is 6.92 Å². The second-order valence-corrected chi connectivity index (χ2v) is 4.28. The first-order chi connectivity index (χ1) is 6.50. The standard InChI is InChI=1S/C9H8Cl3NO/c1-5-4-6(10)2-3-7(5)13-9(14)8(11)12/h2-4,8H,1H3,(H,13,14). The van der Waals surface area contributed by atoms with Crippen molar-refractivity contribution < 1.29 is 4.79 Å². The van der Waals surface area contributed by atoms with E-state index < -0.39 is 10.7 Å². The van der Waals surface area contributed by atoms with Crippen molar-refractivity contribution in [3.63, 3.8) is 0 Å². The van der Waals surface area contributed by atoms with Gasteiger partial charge in [0.2, 0.25) is 0 Å². The lowest BCUT2D eigenvalue weighted by molar-refractivity contribution is -0.114. The molecule has 1 aromatic rings. The van der Waals surface area contributed by atoms with Crippen LogP contribution in [0.15, 0.2) is 18.2 Å². The molecule has 0 unspecified atom stereocenters. The minimum atomic E-state index is -1.06. The molecule has 14 heavy (non-hydrogen) atoms. The Labute approximate surface area is 97.1 Å². The van der Waals surface area contributed by atoms with Crippen LogP contribution >= 0.6 is 34.8 Å². The van der Waals surface area contributed by atoms with Gasteiger partial charge in [0.15, 0.2) is 4.84 Å². The van der Waals surface area contributed by atoms with Crippen LogP contribution in [0.5, 0.6) is 0 Å². The van der Waals surface area contributed by atoms with Crippen molar-refractivity contribution in [2.24, 2.45) is 0 Å². The lowest BCUT2D eigenvalue weighted by Crippen LogP contribution is -2.19. The molecule has 76 valence electrons. The fourth-order valence-electron chi connectivity index (χ4n) is 0.955. The van der Waals surface area contributed by atoms with Gasteiger partial charge in [-0.2, -0.15) is 0 Å². The van der Waals surface area contributed by atoms with E-state index in [-0.39, 0.29) is 0 Å². The van der Waals surface area contributed by atoms with Gasteiger partial charge in [-0.3, -0.25) is 4.79 Å². The van der Waals surface area contributed by atoms with Gasteiger partial charge in [0.1, 0.15) is 0 Å². The summed E-state index contributed by atoms with van der Waals surface area (Å²) < 4.78 is 0. The van der Waals surface area contributed by atoms with Gasteiger partial charge in [0.25, 0.3) is 5.91 Å². The maximum absolute atomic E-state index is 11.1. The molecule has 1 rings (SSSR count). The van der Waals surface area contributed by atoms with Gasteiger partial charge in [-0.05, 0) is 30.7 Å². The molecule has 0 radical (unpaired) electrons. The van der Waals surface area contributed by atoms with Gasteiger partial charge in [0, 0.05) is 10.7 Å². The second kappa shape index (κ2) is 4.87. The van der Waals surface area contributed by atoms with Crippen LogP contribution < -0.4 is 5.32 Å². The molecular weight excluding hydrogens is 244 g/mol. The highest BCUT2D eigenvalue weighted by molar-refractivity contribution is 6.54. The number of aryl methyl sites for hydroxylation is 1. The second-order valence-electron chi connectivity index (χ2n) is 2.75. The van der Waals surface area contributed by atoms with E-state index in [1.165, 1.54) is 0 Å². The Hall–Kier alpha value is -0.440. The number of benzene rings is 1. The highest BCUT2D eigenvalue weighted by Crippen LogP contribution is 2.20. The molecule has 0 aliphatic carbocycles. The molecule has 0 aromatic heterocycles. The van der Waals surface area contributed by atoms with E-state index in [1.807, 2.05) is 6.92 Å². The third-order valence-electron chi connectivity index (χ3n) is 1.64. The first kappa shape index (κ1) is 11.6. The van der Waals surface area contributed by atoms with E-state index >= 15 is 0 Å². The molecular formula is C9H8Cl3NO. The number of nitrogens with one attached hydrogen (secondary N) is 1. The summed E-state index contributed by atoms with van der Waals surface area (Å²) in [6.45, 7) is 1.83. The minimum absolute atomic E-state index is 0.446. The summed E-state index contributed by atoms with van der Waals surface area (Å²) in [6, 6.07) is 5.13. The molecule has 0 heterocycles. The molecule has 2 nitrogen and oxygen atoms in total. The average Bonchev–Trinajstić information content (AvgIpc) is 2.09. The van der Waals surface area contributed by atoms with Crippen molar-refractivity contribution in [3.05, 3.63) is 28.8 Å². The topological polar surface area (TPSA) is 29.1 Å². The van der Waals surface area contributed by atoms with Crippen LogP contribution in [-0.4, -0.2) is 10.7 Å². The number of hydrogen-bond donors (Lipinski definition) is 1. The lowest BCUT2D eigenvalue weighted by Gasteiger charge is -2.08. The number of anilines is 1. The molecule has 0 aliphatic rings. The molecule has 0 spiro atoms. The van der Waals surface area contributed by atoms with Gasteiger partial charge in [-0.1, -0.05) is 34.8 Å². The van der Waals surface area contributed by atoms with Crippen LogP contribution in [0.2, 0.25) is 5.02 Å². The van der Waals surface area contributed by atoms with Crippen LogP contribution in [0.25, 0.3) is 0 Å². The number of alkyl halides is 2. The molecule has 5 heteroatoms. The van der Waals surface area contributed by atoms with Gasteiger partial charge in [0.05, 0.1) is 0 Å². The predicted octanol–water partition coefficient (Wildman–Crippen LogP) is 3.39. The maximum atomic E-state index is 11.1. The molecule has 0 aliphatic heterocycles. The molecule has 0 fully saturated rings. The summed E-state index contributed by atoms with van der Waals surface area (Å²) >= 11 is 16.5. The zero-order chi connectivity index (χ0) is 10.7. The Morgan fingerprint density at radius 3 is 2.57 bits per heavy atom. The summed E-state index contributed by atoms with van der Waals surface area (Å²) in [6.07, 6.45) is 0. The maximum Gasteiger partial charge on any atom is 0.257 e. The highest BCUT2D eigenvalue weighted by Gasteiger charge is 2.12. The Kier molecular flexibility index (Phi) is 4.05. The molecule has 1 aromatic carbocycles. The normalized spacial score (nSPS) is 10.4. The van der Waals surface area contributed by atoms with E-state index in [0.717, 1.165) is 5.56 Å². The van der Waals surface area contributed by atoms with Crippen LogP contribution in [0.3, 0.4) is 0 Å². The van der Waals surface area contributed by atoms with Crippen molar-refractivity contribution in [2.75, 3.05) is 5.32 Å². The number of rotatable bonds is 2. The van der Waals surface area contributed by atoms with Crippen molar-refractivity contribution in [1.29, 1.82) is 0 Å². The first-order valence-corrected chi connectivity index (χ1v) is 5.11. The Morgan fingerprint density at radius 1 is 1.43 bits per heavy atom. The Morgan fingerprint density at radius 2 is 2.07 bits per heavy atom. The first-order valence-electron chi connectivity index (χ1n) is 3.86. The van der Waals surface area contributed by atoms with E-state index in [9.17, 15) is 4.79 Å². The van der Waals surface area contributed by atoms with Crippen molar-refractivity contribution >= 4 is 46.4 Å². The van der Waals surface area contributed by atoms with E-state index in [1.54, 1.807) is 18.2 Å². The smallest absolute Gasteiger partial charge is 0.257 e. The third kappa shape index (κ3) is 3.05. The fraction of sp³-hybridized carbons (Fsp3) is 0.222. The quantitative estimate of drug-likeness (QED) is 0.803. The predicted molar refractivity (Wildman–Crippen MR) is 60.3 cm³/mol. The lowest BCUT2D eigenvalue weighted by atomic mass is 10.2. The van der Waals surface area contributed by atoms with E-state index in [4.69, 9.17) is 34.8 Å². The molecule has 0 atom stereocenters. The minimum Gasteiger partial charge on any atom is -0.323 e. The van der Waals surface area contributed by atoms with Crippen LogP contribution in [0.4, 0.5) is 5.69 Å². The van der Waals surface area contributed by atoms with Crippen molar-refractivity contribution in [3.8, 4) is 0 Å². The summed E-state index contributed by atoms with van der Waals surface area (Å²) in [4.78, 5) is 10.1. The zero-order valence-electron chi connectivity index (χ0n) is 7.35. The monoisotopic (exact) mass is 251 g/mol. The molecule has 1 amide bonds. The van der Waals surface area contributed by atoms with Crippen LogP contribution in [0.1, 0.15) is 5.56 Å². The SMILES string of the molecule is Cc1cc(Cl)ccc1NC(=O)C(Cl)Cl. The van der Waals surface area contributed by atoms with E-state index in [0.29, 0.717) is 10.7 Å².